The molecule has 0 aliphatic heterocycles. The highest BCUT2D eigenvalue weighted by atomic mass is 19.1. The number of aryl methyl sites for hydroxylation is 3. The summed E-state index contributed by atoms with van der Waals surface area (Å²) in [5.74, 6) is 0.417. The monoisotopic (exact) mass is 285 g/mol. The molecule has 0 unspecified atom stereocenters. The van der Waals surface area contributed by atoms with Crippen molar-refractivity contribution in [1.82, 2.24) is 19.5 Å². The fraction of sp³-hybridized carbons (Fsp3) is 0.267. The van der Waals surface area contributed by atoms with E-state index in [4.69, 9.17) is 0 Å². The summed E-state index contributed by atoms with van der Waals surface area (Å²) in [5.41, 5.74) is 4.61. The minimum absolute atomic E-state index is 0.417. The van der Waals surface area contributed by atoms with Crippen LogP contribution in [0.4, 0.5) is 10.2 Å². The van der Waals surface area contributed by atoms with Crippen LogP contribution in [0.1, 0.15) is 16.7 Å². The van der Waals surface area contributed by atoms with Crippen LogP contribution in [-0.4, -0.2) is 19.5 Å². The molecule has 0 saturated carbocycles. The molecule has 3 aromatic rings. The molecule has 0 aliphatic rings. The van der Waals surface area contributed by atoms with E-state index >= 15 is 0 Å². The third-order valence-corrected chi connectivity index (χ3v) is 3.61. The number of nitrogens with zero attached hydrogens (tertiary/aromatic N) is 4. The van der Waals surface area contributed by atoms with Crippen molar-refractivity contribution in [3.63, 3.8) is 0 Å². The Labute approximate surface area is 121 Å². The molecule has 0 aliphatic carbocycles. The van der Waals surface area contributed by atoms with Gasteiger partial charge in [-0.1, -0.05) is 18.2 Å². The van der Waals surface area contributed by atoms with Gasteiger partial charge in [0.25, 0.3) is 0 Å². The number of aromatic nitrogens is 4. The van der Waals surface area contributed by atoms with Crippen LogP contribution in [0.25, 0.3) is 11.2 Å². The summed E-state index contributed by atoms with van der Waals surface area (Å²) >= 11 is 0. The second kappa shape index (κ2) is 5.12. The highest BCUT2D eigenvalue weighted by Crippen LogP contribution is 2.20. The van der Waals surface area contributed by atoms with Crippen molar-refractivity contribution in [3.05, 3.63) is 47.3 Å². The molecule has 0 radical (unpaired) electrons. The second-order valence-corrected chi connectivity index (χ2v) is 5.09. The molecule has 6 heteroatoms. The van der Waals surface area contributed by atoms with Gasteiger partial charge >= 0.3 is 6.08 Å². The molecule has 1 N–H and O–H groups in total. The summed E-state index contributed by atoms with van der Waals surface area (Å²) in [6.07, 6.45) is 0.846. The molecule has 21 heavy (non-hydrogen) atoms. The van der Waals surface area contributed by atoms with E-state index < -0.39 is 6.08 Å². The van der Waals surface area contributed by atoms with Gasteiger partial charge in [-0.3, -0.25) is 0 Å². The lowest BCUT2D eigenvalue weighted by Gasteiger charge is -2.11. The maximum Gasteiger partial charge on any atom is 0.312 e. The van der Waals surface area contributed by atoms with Gasteiger partial charge in [0.05, 0.1) is 6.33 Å². The highest BCUT2D eigenvalue weighted by Gasteiger charge is 2.12. The summed E-state index contributed by atoms with van der Waals surface area (Å²) in [6, 6.07) is 6.14. The van der Waals surface area contributed by atoms with Gasteiger partial charge in [0, 0.05) is 13.6 Å². The van der Waals surface area contributed by atoms with Crippen molar-refractivity contribution >= 4 is 17.0 Å². The first-order chi connectivity index (χ1) is 10.1. The third kappa shape index (κ3) is 2.44. The Morgan fingerprint density at radius 3 is 2.62 bits per heavy atom. The average Bonchev–Trinajstić information content (AvgIpc) is 2.80. The summed E-state index contributed by atoms with van der Waals surface area (Å²) in [4.78, 5) is 11.8. The molecule has 0 spiro atoms. The van der Waals surface area contributed by atoms with Gasteiger partial charge in [-0.15, -0.1) is 0 Å². The number of rotatable bonds is 3. The first-order valence-electron chi connectivity index (χ1n) is 6.70. The van der Waals surface area contributed by atoms with Gasteiger partial charge in [-0.25, -0.2) is 4.98 Å². The minimum atomic E-state index is -0.755. The largest absolute Gasteiger partial charge is 0.364 e. The van der Waals surface area contributed by atoms with E-state index in [0.717, 1.165) is 0 Å². The number of fused-ring (bicyclic) bond motifs is 1. The van der Waals surface area contributed by atoms with Gasteiger partial charge in [-0.05, 0) is 30.5 Å². The average molecular weight is 285 g/mol. The highest BCUT2D eigenvalue weighted by molar-refractivity contribution is 5.82. The van der Waals surface area contributed by atoms with E-state index in [-0.39, 0.29) is 0 Å². The molecule has 0 atom stereocenters. The lowest BCUT2D eigenvalue weighted by Crippen LogP contribution is -2.07. The summed E-state index contributed by atoms with van der Waals surface area (Å²) < 4.78 is 15.2. The molecular formula is C15H16FN5. The van der Waals surface area contributed by atoms with Crippen LogP contribution in [0.5, 0.6) is 0 Å². The van der Waals surface area contributed by atoms with E-state index in [1.54, 1.807) is 17.9 Å². The molecule has 0 bridgehead atoms. The molecule has 1 aromatic carbocycles. The van der Waals surface area contributed by atoms with Crippen LogP contribution < -0.4 is 5.32 Å². The standard InChI is InChI=1S/C15H16FN5/c1-9-5-4-6-10(2)11(9)7-17-13-12-14(20-15(16)19-13)21(3)8-18-12/h4-6,8H,7H2,1-3H3,(H,17,19,20). The Morgan fingerprint density at radius 2 is 1.90 bits per heavy atom. The number of halogens is 1. The van der Waals surface area contributed by atoms with Crippen molar-refractivity contribution in [3.8, 4) is 0 Å². The Balaban J connectivity index is 1.95. The Bertz CT molecular complexity index is 789. The summed E-state index contributed by atoms with van der Waals surface area (Å²) in [6.45, 7) is 4.68. The predicted molar refractivity (Wildman–Crippen MR) is 79.5 cm³/mol. The van der Waals surface area contributed by atoms with Crippen LogP contribution in [0.3, 0.4) is 0 Å². The second-order valence-electron chi connectivity index (χ2n) is 5.09. The van der Waals surface area contributed by atoms with Crippen LogP contribution >= 0.6 is 0 Å². The molecular weight excluding hydrogens is 269 g/mol. The van der Waals surface area contributed by atoms with E-state index in [2.05, 4.69) is 46.2 Å². The van der Waals surface area contributed by atoms with Gasteiger partial charge in [0.15, 0.2) is 17.0 Å². The molecule has 2 heterocycles. The predicted octanol–water partition coefficient (Wildman–Crippen LogP) is 2.73. The van der Waals surface area contributed by atoms with Crippen LogP contribution in [0, 0.1) is 19.9 Å². The number of imidazole rings is 1. The molecule has 108 valence electrons. The number of benzene rings is 1. The van der Waals surface area contributed by atoms with Crippen LogP contribution in [0.2, 0.25) is 0 Å². The van der Waals surface area contributed by atoms with Crippen LogP contribution in [0.15, 0.2) is 24.5 Å². The van der Waals surface area contributed by atoms with Crippen molar-refractivity contribution < 1.29 is 4.39 Å². The lowest BCUT2D eigenvalue weighted by molar-refractivity contribution is 0.543. The SMILES string of the molecule is Cc1cccc(C)c1CNc1nc(F)nc2c1ncn2C. The fourth-order valence-corrected chi connectivity index (χ4v) is 2.40. The number of nitrogens with one attached hydrogen (secondary N) is 1. The molecule has 3 rings (SSSR count). The fourth-order valence-electron chi connectivity index (χ4n) is 2.40. The van der Waals surface area contributed by atoms with Gasteiger partial charge < -0.3 is 9.88 Å². The van der Waals surface area contributed by atoms with Gasteiger partial charge in [-0.2, -0.15) is 14.4 Å². The summed E-state index contributed by atoms with van der Waals surface area (Å²) in [7, 11) is 1.77. The number of hydrogen-bond donors (Lipinski definition) is 1. The van der Waals surface area contributed by atoms with E-state index in [0.29, 0.717) is 23.5 Å². The third-order valence-electron chi connectivity index (χ3n) is 3.61. The molecule has 0 fully saturated rings. The zero-order valence-corrected chi connectivity index (χ0v) is 12.2. The Hall–Kier alpha value is -2.50. The van der Waals surface area contributed by atoms with Crippen molar-refractivity contribution in [2.24, 2.45) is 7.05 Å². The Morgan fingerprint density at radius 1 is 1.19 bits per heavy atom. The number of hydrogen-bond acceptors (Lipinski definition) is 4. The van der Waals surface area contributed by atoms with E-state index in [9.17, 15) is 4.39 Å². The Kier molecular flexibility index (Phi) is 3.29. The topological polar surface area (TPSA) is 55.6 Å². The molecule has 0 saturated heterocycles. The zero-order valence-electron chi connectivity index (χ0n) is 12.2. The maximum absolute atomic E-state index is 13.5. The zero-order chi connectivity index (χ0) is 15.0. The quantitative estimate of drug-likeness (QED) is 0.752. The van der Waals surface area contributed by atoms with Gasteiger partial charge in [0.1, 0.15) is 0 Å². The first kappa shape index (κ1) is 13.5. The van der Waals surface area contributed by atoms with E-state index in [1.807, 2.05) is 6.07 Å². The van der Waals surface area contributed by atoms with Crippen LogP contribution in [-0.2, 0) is 13.6 Å². The smallest absolute Gasteiger partial charge is 0.312 e. The van der Waals surface area contributed by atoms with Crippen molar-refractivity contribution in [2.75, 3.05) is 5.32 Å². The lowest BCUT2D eigenvalue weighted by atomic mass is 10.0. The minimum Gasteiger partial charge on any atom is -0.364 e. The molecule has 2 aromatic heterocycles. The van der Waals surface area contributed by atoms with Crippen molar-refractivity contribution in [2.45, 2.75) is 20.4 Å². The number of anilines is 1. The molecule has 0 amide bonds. The van der Waals surface area contributed by atoms with E-state index in [1.165, 1.54) is 16.7 Å². The summed E-state index contributed by atoms with van der Waals surface area (Å²) in [5, 5.41) is 3.17. The van der Waals surface area contributed by atoms with Crippen molar-refractivity contribution in [1.29, 1.82) is 0 Å². The van der Waals surface area contributed by atoms with Gasteiger partial charge in [0.2, 0.25) is 0 Å². The first-order valence-corrected chi connectivity index (χ1v) is 6.70. The molecule has 5 nitrogen and oxygen atoms in total. The normalized spacial score (nSPS) is 11.0. The maximum atomic E-state index is 13.5.